The molecule has 1 heterocycles. The molecule has 0 saturated carbocycles. The number of aryl methyl sites for hydroxylation is 2. The number of thioether (sulfide) groups is 1. The number of ketones is 1. The molecule has 0 amide bonds. The molecule has 0 N–H and O–H groups in total. The summed E-state index contributed by atoms with van der Waals surface area (Å²) in [4.78, 5) is 12.4. The normalized spacial score (nSPS) is 12.0. The fraction of sp³-hybridized carbons (Fsp3) is 0.250. The van der Waals surface area contributed by atoms with Crippen LogP contribution in [0.15, 0.2) is 52.1 Å². The Balaban J connectivity index is 1.59. The van der Waals surface area contributed by atoms with Crippen molar-refractivity contribution in [1.82, 2.24) is 10.2 Å². The molecular weight excluding hydrogens is 367 g/mol. The lowest BCUT2D eigenvalue weighted by Gasteiger charge is -2.10. The van der Waals surface area contributed by atoms with Crippen LogP contribution in [-0.2, 0) is 0 Å². The average Bonchev–Trinajstić information content (AvgIpc) is 3.13. The van der Waals surface area contributed by atoms with Gasteiger partial charge in [-0.05, 0) is 56.7 Å². The molecule has 0 fully saturated rings. The number of halogens is 1. The Morgan fingerprint density at radius 1 is 1.19 bits per heavy atom. The second-order valence-corrected chi connectivity index (χ2v) is 7.08. The molecule has 3 rings (SSSR count). The molecule has 1 atom stereocenters. The van der Waals surface area contributed by atoms with E-state index >= 15 is 0 Å². The first-order valence-corrected chi connectivity index (χ1v) is 9.40. The minimum absolute atomic E-state index is 0.0107. The van der Waals surface area contributed by atoms with Crippen LogP contribution in [0.3, 0.4) is 0 Å². The van der Waals surface area contributed by atoms with E-state index in [0.29, 0.717) is 22.4 Å². The van der Waals surface area contributed by atoms with Gasteiger partial charge in [0.2, 0.25) is 0 Å². The smallest absolute Gasteiger partial charge is 0.277 e. The van der Waals surface area contributed by atoms with Crippen LogP contribution >= 0.6 is 11.8 Å². The molecule has 0 aliphatic heterocycles. The summed E-state index contributed by atoms with van der Waals surface area (Å²) in [6.45, 7) is 5.62. The lowest BCUT2D eigenvalue weighted by Crippen LogP contribution is -2.05. The van der Waals surface area contributed by atoms with Crippen molar-refractivity contribution >= 4 is 17.5 Å². The lowest BCUT2D eigenvalue weighted by molar-refractivity contribution is 0.102. The van der Waals surface area contributed by atoms with Crippen molar-refractivity contribution in [3.05, 3.63) is 70.9 Å². The fourth-order valence-corrected chi connectivity index (χ4v) is 3.10. The van der Waals surface area contributed by atoms with Crippen LogP contribution in [0.5, 0.6) is 5.75 Å². The number of carbonyl (C=O) groups is 1. The van der Waals surface area contributed by atoms with Gasteiger partial charge in [-0.25, -0.2) is 4.39 Å². The van der Waals surface area contributed by atoms with Gasteiger partial charge in [0.1, 0.15) is 11.6 Å². The molecule has 0 aliphatic carbocycles. The predicted octanol–water partition coefficient (Wildman–Crippen LogP) is 4.94. The van der Waals surface area contributed by atoms with Crippen LogP contribution in [0.1, 0.15) is 40.4 Å². The van der Waals surface area contributed by atoms with Crippen molar-refractivity contribution in [3.63, 3.8) is 0 Å². The number of aromatic nitrogens is 2. The molecule has 1 aromatic heterocycles. The Hall–Kier alpha value is -2.67. The Morgan fingerprint density at radius 3 is 2.67 bits per heavy atom. The van der Waals surface area contributed by atoms with E-state index in [2.05, 4.69) is 10.2 Å². The molecular formula is C20H19FN2O3S. The number of carbonyl (C=O) groups excluding carboxylic acids is 1. The van der Waals surface area contributed by atoms with E-state index in [1.54, 1.807) is 6.92 Å². The van der Waals surface area contributed by atoms with E-state index < -0.39 is 6.10 Å². The van der Waals surface area contributed by atoms with E-state index in [0.717, 1.165) is 11.1 Å². The van der Waals surface area contributed by atoms with Crippen LogP contribution in [0.2, 0.25) is 0 Å². The zero-order valence-corrected chi connectivity index (χ0v) is 16.0. The van der Waals surface area contributed by atoms with Gasteiger partial charge in [0.15, 0.2) is 11.9 Å². The summed E-state index contributed by atoms with van der Waals surface area (Å²) >= 11 is 1.19. The quantitative estimate of drug-likeness (QED) is 0.423. The van der Waals surface area contributed by atoms with Gasteiger partial charge in [-0.15, -0.1) is 10.2 Å². The van der Waals surface area contributed by atoms with Gasteiger partial charge in [-0.2, -0.15) is 0 Å². The summed E-state index contributed by atoms with van der Waals surface area (Å²) in [5, 5.41) is 8.22. The van der Waals surface area contributed by atoms with Crippen molar-refractivity contribution in [3.8, 4) is 5.75 Å². The first-order chi connectivity index (χ1) is 12.9. The lowest BCUT2D eigenvalue weighted by atomic mass is 10.0. The van der Waals surface area contributed by atoms with Crippen molar-refractivity contribution in [2.24, 2.45) is 0 Å². The Morgan fingerprint density at radius 2 is 1.93 bits per heavy atom. The first kappa shape index (κ1) is 19.1. The predicted molar refractivity (Wildman–Crippen MR) is 101 cm³/mol. The second kappa shape index (κ2) is 8.35. The van der Waals surface area contributed by atoms with Crippen molar-refractivity contribution < 1.29 is 18.3 Å². The van der Waals surface area contributed by atoms with Crippen LogP contribution in [0.25, 0.3) is 0 Å². The highest BCUT2D eigenvalue weighted by Crippen LogP contribution is 2.25. The van der Waals surface area contributed by atoms with E-state index in [9.17, 15) is 9.18 Å². The monoisotopic (exact) mass is 386 g/mol. The highest BCUT2D eigenvalue weighted by atomic mass is 32.2. The minimum atomic E-state index is -0.493. The number of Topliss-reactive ketones (excluding diaryl/α,β-unsaturated/α-hetero) is 1. The molecule has 0 saturated heterocycles. The summed E-state index contributed by atoms with van der Waals surface area (Å²) in [6.07, 6.45) is -0.493. The molecule has 7 heteroatoms. The molecule has 0 aliphatic rings. The highest BCUT2D eigenvalue weighted by molar-refractivity contribution is 7.99. The maximum atomic E-state index is 12.9. The number of nitrogens with zero attached hydrogens (tertiary/aromatic N) is 2. The zero-order chi connectivity index (χ0) is 19.4. The molecule has 5 nitrogen and oxygen atoms in total. The maximum Gasteiger partial charge on any atom is 0.277 e. The van der Waals surface area contributed by atoms with Gasteiger partial charge in [-0.1, -0.05) is 29.5 Å². The third-order valence-electron chi connectivity index (χ3n) is 3.92. The largest absolute Gasteiger partial charge is 0.481 e. The highest BCUT2D eigenvalue weighted by Gasteiger charge is 2.18. The molecule has 0 spiro atoms. The third-order valence-corrected chi connectivity index (χ3v) is 4.74. The summed E-state index contributed by atoms with van der Waals surface area (Å²) in [5.41, 5.74) is 2.69. The van der Waals surface area contributed by atoms with E-state index in [4.69, 9.17) is 9.15 Å². The molecule has 27 heavy (non-hydrogen) atoms. The van der Waals surface area contributed by atoms with Gasteiger partial charge in [0.05, 0.1) is 5.75 Å². The van der Waals surface area contributed by atoms with Crippen LogP contribution in [-0.4, -0.2) is 21.7 Å². The van der Waals surface area contributed by atoms with Crippen molar-refractivity contribution in [2.45, 2.75) is 32.1 Å². The Kier molecular flexibility index (Phi) is 5.91. The second-order valence-electron chi connectivity index (χ2n) is 6.15. The van der Waals surface area contributed by atoms with Crippen molar-refractivity contribution in [2.75, 3.05) is 5.75 Å². The van der Waals surface area contributed by atoms with E-state index in [1.165, 1.54) is 36.0 Å². The van der Waals surface area contributed by atoms with Crippen LogP contribution in [0.4, 0.5) is 4.39 Å². The average molecular weight is 386 g/mol. The molecule has 2 aromatic carbocycles. The third kappa shape index (κ3) is 4.95. The maximum absolute atomic E-state index is 12.9. The number of rotatable bonds is 7. The molecule has 0 unspecified atom stereocenters. The summed E-state index contributed by atoms with van der Waals surface area (Å²) < 4.78 is 24.2. The Bertz CT molecular complexity index is 941. The number of hydrogen-bond acceptors (Lipinski definition) is 6. The topological polar surface area (TPSA) is 65.2 Å². The van der Waals surface area contributed by atoms with Crippen LogP contribution in [0, 0.1) is 19.7 Å². The molecule has 3 aromatic rings. The number of hydrogen-bond donors (Lipinski definition) is 0. The Labute approximate surface area is 161 Å². The van der Waals surface area contributed by atoms with Gasteiger partial charge >= 0.3 is 0 Å². The number of ether oxygens (including phenoxy) is 1. The molecule has 0 bridgehead atoms. The van der Waals surface area contributed by atoms with Crippen molar-refractivity contribution in [1.29, 1.82) is 0 Å². The van der Waals surface area contributed by atoms with Crippen LogP contribution < -0.4 is 4.74 Å². The van der Waals surface area contributed by atoms with Gasteiger partial charge in [0.25, 0.3) is 11.1 Å². The fourth-order valence-electron chi connectivity index (χ4n) is 2.45. The van der Waals surface area contributed by atoms with E-state index in [1.807, 2.05) is 32.0 Å². The zero-order valence-electron chi connectivity index (χ0n) is 15.2. The van der Waals surface area contributed by atoms with E-state index in [-0.39, 0.29) is 17.4 Å². The van der Waals surface area contributed by atoms with Gasteiger partial charge < -0.3 is 9.15 Å². The summed E-state index contributed by atoms with van der Waals surface area (Å²) in [5.74, 6) is 0.679. The first-order valence-electron chi connectivity index (χ1n) is 8.41. The SMILES string of the molecule is Cc1ccc(C)c(C(=O)CSc2nnc([C@H](C)Oc3ccc(F)cc3)o2)c1. The molecule has 0 radical (unpaired) electrons. The van der Waals surface area contributed by atoms with Gasteiger partial charge in [-0.3, -0.25) is 4.79 Å². The summed E-state index contributed by atoms with van der Waals surface area (Å²) in [6, 6.07) is 11.5. The standard InChI is InChI=1S/C20H19FN2O3S/c1-12-4-5-13(2)17(10-12)18(24)11-27-20-23-22-19(26-20)14(3)25-16-8-6-15(21)7-9-16/h4-10,14H,11H2,1-3H3/t14-/m0/s1. The number of benzene rings is 2. The van der Waals surface area contributed by atoms with Gasteiger partial charge in [0, 0.05) is 5.56 Å². The summed E-state index contributed by atoms with van der Waals surface area (Å²) in [7, 11) is 0. The minimum Gasteiger partial charge on any atom is -0.481 e. The molecule has 140 valence electrons.